The molecule has 0 fully saturated rings. The third-order valence-corrected chi connectivity index (χ3v) is 2.77. The van der Waals surface area contributed by atoms with Gasteiger partial charge in [-0.05, 0) is 37.6 Å². The highest BCUT2D eigenvalue weighted by molar-refractivity contribution is 5.73. The minimum Gasteiger partial charge on any atom is -0.480 e. The molecule has 0 amide bonds. The van der Waals surface area contributed by atoms with Crippen molar-refractivity contribution in [3.8, 4) is 0 Å². The van der Waals surface area contributed by atoms with Crippen molar-refractivity contribution in [2.24, 2.45) is 0 Å². The quantitative estimate of drug-likeness (QED) is 0.823. The van der Waals surface area contributed by atoms with Crippen molar-refractivity contribution in [2.75, 3.05) is 7.05 Å². The van der Waals surface area contributed by atoms with Crippen molar-refractivity contribution in [3.63, 3.8) is 0 Å². The Kier molecular flexibility index (Phi) is 4.43. The van der Waals surface area contributed by atoms with Gasteiger partial charge in [0.2, 0.25) is 0 Å². The summed E-state index contributed by atoms with van der Waals surface area (Å²) in [5.74, 6) is -0.772. The molecular weight excluding hydrogens is 204 g/mol. The lowest BCUT2D eigenvalue weighted by atomic mass is 10.1. The molecule has 1 aromatic rings. The van der Waals surface area contributed by atoms with E-state index in [2.05, 4.69) is 4.98 Å². The van der Waals surface area contributed by atoms with Crippen LogP contribution in [-0.4, -0.2) is 34.0 Å². The Labute approximate surface area is 95.9 Å². The van der Waals surface area contributed by atoms with Crippen LogP contribution >= 0.6 is 0 Å². The number of carboxylic acids is 1. The van der Waals surface area contributed by atoms with Crippen LogP contribution in [0.2, 0.25) is 0 Å². The maximum atomic E-state index is 11.0. The van der Waals surface area contributed by atoms with Gasteiger partial charge in [-0.15, -0.1) is 0 Å². The Morgan fingerprint density at radius 3 is 2.81 bits per heavy atom. The van der Waals surface area contributed by atoms with E-state index in [1.807, 2.05) is 31.9 Å². The molecule has 1 aromatic heterocycles. The first-order valence-electron chi connectivity index (χ1n) is 5.38. The Morgan fingerprint density at radius 1 is 1.62 bits per heavy atom. The van der Waals surface area contributed by atoms with Gasteiger partial charge in [0.1, 0.15) is 6.04 Å². The third kappa shape index (κ3) is 3.03. The van der Waals surface area contributed by atoms with Crippen LogP contribution < -0.4 is 0 Å². The Hall–Kier alpha value is -1.42. The second-order valence-electron chi connectivity index (χ2n) is 3.98. The highest BCUT2D eigenvalue weighted by atomic mass is 16.4. The highest BCUT2D eigenvalue weighted by Gasteiger charge is 2.20. The maximum absolute atomic E-state index is 11.0. The molecule has 1 unspecified atom stereocenters. The molecule has 88 valence electrons. The van der Waals surface area contributed by atoms with E-state index in [-0.39, 0.29) is 0 Å². The smallest absolute Gasteiger partial charge is 0.320 e. The first-order chi connectivity index (χ1) is 7.56. The van der Waals surface area contributed by atoms with Crippen LogP contribution in [-0.2, 0) is 11.3 Å². The van der Waals surface area contributed by atoms with Gasteiger partial charge in [0.25, 0.3) is 0 Å². The van der Waals surface area contributed by atoms with E-state index in [1.165, 1.54) is 0 Å². The van der Waals surface area contributed by atoms with E-state index >= 15 is 0 Å². The molecule has 4 nitrogen and oxygen atoms in total. The number of aromatic nitrogens is 1. The van der Waals surface area contributed by atoms with E-state index in [0.717, 1.165) is 11.1 Å². The number of pyridine rings is 1. The van der Waals surface area contributed by atoms with Crippen LogP contribution in [0.1, 0.15) is 24.5 Å². The normalized spacial score (nSPS) is 12.8. The largest absolute Gasteiger partial charge is 0.480 e. The molecule has 0 bridgehead atoms. The molecule has 1 heterocycles. The van der Waals surface area contributed by atoms with Crippen molar-refractivity contribution in [1.82, 2.24) is 9.88 Å². The molecular formula is C12H18N2O2. The SMILES string of the molecule is CCC(C(=O)O)N(C)Cc1cnccc1C. The standard InChI is InChI=1S/C12H18N2O2/c1-4-11(12(15)16)14(3)8-10-7-13-6-5-9(10)2/h5-7,11H,4,8H2,1-3H3,(H,15,16). The van der Waals surface area contributed by atoms with Crippen molar-refractivity contribution in [1.29, 1.82) is 0 Å². The molecule has 0 saturated carbocycles. The molecule has 4 heteroatoms. The van der Waals surface area contributed by atoms with Crippen molar-refractivity contribution in [3.05, 3.63) is 29.6 Å². The molecule has 1 rings (SSSR count). The second-order valence-corrected chi connectivity index (χ2v) is 3.98. The third-order valence-electron chi connectivity index (χ3n) is 2.77. The van der Waals surface area contributed by atoms with E-state index in [1.54, 1.807) is 12.4 Å². The average Bonchev–Trinajstić information content (AvgIpc) is 2.22. The van der Waals surface area contributed by atoms with Gasteiger partial charge < -0.3 is 5.11 Å². The molecule has 0 aromatic carbocycles. The monoisotopic (exact) mass is 222 g/mol. The van der Waals surface area contributed by atoms with Crippen LogP contribution in [0.4, 0.5) is 0 Å². The predicted molar refractivity (Wildman–Crippen MR) is 62.2 cm³/mol. The molecule has 0 aliphatic heterocycles. The summed E-state index contributed by atoms with van der Waals surface area (Å²) in [6.45, 7) is 4.50. The van der Waals surface area contributed by atoms with Gasteiger partial charge in [-0.2, -0.15) is 0 Å². The first-order valence-corrected chi connectivity index (χ1v) is 5.38. The number of hydrogen-bond acceptors (Lipinski definition) is 3. The van der Waals surface area contributed by atoms with Gasteiger partial charge in [-0.25, -0.2) is 0 Å². The zero-order valence-corrected chi connectivity index (χ0v) is 9.97. The lowest BCUT2D eigenvalue weighted by Gasteiger charge is -2.23. The zero-order chi connectivity index (χ0) is 12.1. The molecule has 0 saturated heterocycles. The fourth-order valence-corrected chi connectivity index (χ4v) is 1.72. The van der Waals surface area contributed by atoms with E-state index in [9.17, 15) is 4.79 Å². The number of likely N-dealkylation sites (N-methyl/N-ethyl adjacent to an activating group) is 1. The van der Waals surface area contributed by atoms with Gasteiger partial charge in [0.05, 0.1) is 0 Å². The summed E-state index contributed by atoms with van der Waals surface area (Å²) >= 11 is 0. The fraction of sp³-hybridized carbons (Fsp3) is 0.500. The predicted octanol–water partition coefficient (Wildman–Crippen LogP) is 1.69. The molecule has 0 aliphatic rings. The minimum atomic E-state index is -0.772. The summed E-state index contributed by atoms with van der Waals surface area (Å²) in [5, 5.41) is 9.03. The van der Waals surface area contributed by atoms with Crippen LogP contribution in [0.5, 0.6) is 0 Å². The molecule has 0 spiro atoms. The second kappa shape index (κ2) is 5.61. The molecule has 0 radical (unpaired) electrons. The summed E-state index contributed by atoms with van der Waals surface area (Å²) in [5.41, 5.74) is 2.21. The number of aliphatic carboxylic acids is 1. The van der Waals surface area contributed by atoms with E-state index in [0.29, 0.717) is 13.0 Å². The first kappa shape index (κ1) is 12.6. The minimum absolute atomic E-state index is 0.431. The topological polar surface area (TPSA) is 53.4 Å². The number of rotatable bonds is 5. The lowest BCUT2D eigenvalue weighted by molar-refractivity contribution is -0.143. The van der Waals surface area contributed by atoms with Crippen molar-refractivity contribution in [2.45, 2.75) is 32.9 Å². The number of carbonyl (C=O) groups is 1. The van der Waals surface area contributed by atoms with Gasteiger partial charge in [-0.1, -0.05) is 6.92 Å². The average molecular weight is 222 g/mol. The maximum Gasteiger partial charge on any atom is 0.320 e. The number of hydrogen-bond donors (Lipinski definition) is 1. The van der Waals surface area contributed by atoms with Crippen LogP contribution in [0.15, 0.2) is 18.5 Å². The summed E-state index contributed by atoms with van der Waals surface area (Å²) in [4.78, 5) is 16.9. The van der Waals surface area contributed by atoms with Gasteiger partial charge >= 0.3 is 5.97 Å². The summed E-state index contributed by atoms with van der Waals surface area (Å²) < 4.78 is 0. The van der Waals surface area contributed by atoms with Crippen molar-refractivity contribution >= 4 is 5.97 Å². The van der Waals surface area contributed by atoms with Crippen LogP contribution in [0.25, 0.3) is 0 Å². The fourth-order valence-electron chi connectivity index (χ4n) is 1.72. The van der Waals surface area contributed by atoms with Gasteiger partial charge in [0, 0.05) is 18.9 Å². The molecule has 0 aliphatic carbocycles. The Balaban J connectivity index is 2.74. The van der Waals surface area contributed by atoms with Crippen LogP contribution in [0, 0.1) is 6.92 Å². The zero-order valence-electron chi connectivity index (χ0n) is 9.97. The van der Waals surface area contributed by atoms with Gasteiger partial charge in [0.15, 0.2) is 0 Å². The van der Waals surface area contributed by atoms with E-state index < -0.39 is 12.0 Å². The summed E-state index contributed by atoms with van der Waals surface area (Å²) in [6.07, 6.45) is 4.14. The Bertz CT molecular complexity index is 366. The summed E-state index contributed by atoms with van der Waals surface area (Å²) in [6, 6.07) is 1.50. The summed E-state index contributed by atoms with van der Waals surface area (Å²) in [7, 11) is 1.83. The number of nitrogens with zero attached hydrogens (tertiary/aromatic N) is 2. The molecule has 16 heavy (non-hydrogen) atoms. The molecule has 1 N–H and O–H groups in total. The highest BCUT2D eigenvalue weighted by Crippen LogP contribution is 2.11. The van der Waals surface area contributed by atoms with Crippen molar-refractivity contribution < 1.29 is 9.90 Å². The Morgan fingerprint density at radius 2 is 2.31 bits per heavy atom. The number of aryl methyl sites for hydroxylation is 1. The molecule has 1 atom stereocenters. The van der Waals surface area contributed by atoms with Crippen LogP contribution in [0.3, 0.4) is 0 Å². The number of carboxylic acid groups (broad SMARTS) is 1. The van der Waals surface area contributed by atoms with Gasteiger partial charge in [-0.3, -0.25) is 14.7 Å². The lowest BCUT2D eigenvalue weighted by Crippen LogP contribution is -2.37. The van der Waals surface area contributed by atoms with E-state index in [4.69, 9.17) is 5.11 Å².